The smallest absolute Gasteiger partial charge is 0.332 e. The number of anilines is 1. The molecule has 4 aromatic rings. The number of carbonyl (C=O) groups excluding carboxylic acids is 1. The Morgan fingerprint density at radius 3 is 2.28 bits per heavy atom. The summed E-state index contributed by atoms with van der Waals surface area (Å²) in [6.07, 6.45) is 0. The number of sulfonamides is 1. The number of hydrogen-bond donors (Lipinski definition) is 3. The Bertz CT molecular complexity index is 1750. The first-order chi connectivity index (χ1) is 18.1. The van der Waals surface area contributed by atoms with Gasteiger partial charge in [0.1, 0.15) is 12.4 Å². The van der Waals surface area contributed by atoms with Crippen LogP contribution < -0.4 is 21.7 Å². The number of benzene rings is 3. The zero-order valence-corrected chi connectivity index (χ0v) is 22.4. The highest BCUT2D eigenvalue weighted by molar-refractivity contribution is 7.92. The van der Waals surface area contributed by atoms with Crippen LogP contribution >= 0.6 is 12.4 Å². The lowest BCUT2D eigenvalue weighted by Gasteiger charge is -2.15. The Morgan fingerprint density at radius 1 is 1.00 bits per heavy atom. The first-order valence-electron chi connectivity index (χ1n) is 11.5. The number of hydrogen-bond acceptors (Lipinski definition) is 7. The van der Waals surface area contributed by atoms with E-state index in [1.165, 1.54) is 30.3 Å². The zero-order chi connectivity index (χ0) is 27.4. The number of nitrogens with one attached hydrogen (secondary N) is 2. The fraction of sp³-hybridized carbons (Fsp3) is 0.154. The normalized spacial score (nSPS) is 11.0. The van der Waals surface area contributed by atoms with Crippen molar-refractivity contribution < 1.29 is 17.9 Å². The summed E-state index contributed by atoms with van der Waals surface area (Å²) in [6, 6.07) is 18.4. The van der Waals surface area contributed by atoms with Crippen LogP contribution in [0.3, 0.4) is 0 Å². The van der Waals surface area contributed by atoms with Crippen molar-refractivity contribution in [2.75, 3.05) is 11.3 Å². The number of amidine groups is 1. The van der Waals surface area contributed by atoms with Crippen molar-refractivity contribution in [2.24, 2.45) is 5.73 Å². The van der Waals surface area contributed by atoms with Crippen LogP contribution in [0, 0.1) is 5.41 Å². The van der Waals surface area contributed by atoms with Gasteiger partial charge < -0.3 is 10.5 Å². The molecule has 0 amide bonds. The van der Waals surface area contributed by atoms with Crippen LogP contribution in [0.25, 0.3) is 10.9 Å². The Hall–Kier alpha value is -4.42. The van der Waals surface area contributed by atoms with Crippen molar-refractivity contribution in [1.82, 2.24) is 9.13 Å². The second kappa shape index (κ2) is 12.0. The highest BCUT2D eigenvalue weighted by atomic mass is 35.5. The first kappa shape index (κ1) is 29.1. The van der Waals surface area contributed by atoms with E-state index in [0.29, 0.717) is 11.1 Å². The Morgan fingerprint density at radius 2 is 1.67 bits per heavy atom. The topological polar surface area (TPSA) is 166 Å². The molecule has 1 aromatic heterocycles. The van der Waals surface area contributed by atoms with E-state index in [1.807, 2.05) is 0 Å². The standard InChI is InChI=1S/C26H25N5O6S.ClH/c1-2-37-23(32)16-30-22-14-19(29-38(35,36)20-6-4-3-5-7-20)12-13-21(22)25(33)31(26(30)34)15-17-8-10-18(11-9-17)24(27)28;/h3-14,29H,2,15-16H2,1H3,(H3,27,28);1H. The molecule has 3 aromatic carbocycles. The van der Waals surface area contributed by atoms with Gasteiger partial charge in [0.15, 0.2) is 0 Å². The minimum Gasteiger partial charge on any atom is -0.465 e. The minimum absolute atomic E-state index is 0. The van der Waals surface area contributed by atoms with E-state index in [9.17, 15) is 22.8 Å². The van der Waals surface area contributed by atoms with Crippen LogP contribution in [0.4, 0.5) is 5.69 Å². The molecule has 204 valence electrons. The first-order valence-corrected chi connectivity index (χ1v) is 13.0. The highest BCUT2D eigenvalue weighted by Gasteiger charge is 2.19. The minimum atomic E-state index is -3.94. The molecular weight excluding hydrogens is 546 g/mol. The zero-order valence-electron chi connectivity index (χ0n) is 20.8. The Kier molecular flexibility index (Phi) is 8.94. The molecule has 0 aliphatic carbocycles. The molecule has 4 N–H and O–H groups in total. The van der Waals surface area contributed by atoms with Crippen molar-refractivity contribution in [1.29, 1.82) is 5.41 Å². The number of nitrogens with two attached hydrogens (primary N) is 1. The van der Waals surface area contributed by atoms with Gasteiger partial charge in [0.2, 0.25) is 0 Å². The van der Waals surface area contributed by atoms with Gasteiger partial charge in [-0.05, 0) is 42.8 Å². The summed E-state index contributed by atoms with van der Waals surface area (Å²) in [5, 5.41) is 7.62. The molecule has 1 heterocycles. The number of halogens is 1. The summed E-state index contributed by atoms with van der Waals surface area (Å²) >= 11 is 0. The van der Waals surface area contributed by atoms with Crippen LogP contribution in [0.15, 0.2) is 87.3 Å². The van der Waals surface area contributed by atoms with Gasteiger partial charge in [-0.2, -0.15) is 0 Å². The molecule has 0 saturated heterocycles. The van der Waals surface area contributed by atoms with Crippen molar-refractivity contribution in [3.8, 4) is 0 Å². The fourth-order valence-electron chi connectivity index (χ4n) is 3.89. The van der Waals surface area contributed by atoms with Gasteiger partial charge in [0, 0.05) is 5.56 Å². The van der Waals surface area contributed by atoms with Crippen molar-refractivity contribution >= 4 is 50.8 Å². The third-order valence-corrected chi connectivity index (χ3v) is 7.13. The summed E-state index contributed by atoms with van der Waals surface area (Å²) in [6.45, 7) is 1.13. The lowest BCUT2D eigenvalue weighted by Crippen LogP contribution is -2.41. The van der Waals surface area contributed by atoms with Crippen molar-refractivity contribution in [3.63, 3.8) is 0 Å². The van der Waals surface area contributed by atoms with Crippen LogP contribution in [-0.4, -0.2) is 36.0 Å². The van der Waals surface area contributed by atoms with Gasteiger partial charge in [0.25, 0.3) is 15.6 Å². The van der Waals surface area contributed by atoms with E-state index in [0.717, 1.165) is 9.13 Å². The molecule has 0 aliphatic heterocycles. The molecule has 4 rings (SSSR count). The lowest BCUT2D eigenvalue weighted by atomic mass is 10.1. The average molecular weight is 572 g/mol. The maximum Gasteiger partial charge on any atom is 0.332 e. The summed E-state index contributed by atoms with van der Waals surface area (Å²) in [7, 11) is -3.94. The second-order valence-electron chi connectivity index (χ2n) is 8.33. The molecule has 11 nitrogen and oxygen atoms in total. The molecule has 0 aliphatic rings. The van der Waals surface area contributed by atoms with E-state index in [2.05, 4.69) is 4.72 Å². The average Bonchev–Trinajstić information content (AvgIpc) is 2.89. The number of rotatable bonds is 9. The number of esters is 1. The molecule has 39 heavy (non-hydrogen) atoms. The summed E-state index contributed by atoms with van der Waals surface area (Å²) < 4.78 is 35.1. The van der Waals surface area contributed by atoms with E-state index in [1.54, 1.807) is 49.4 Å². The van der Waals surface area contributed by atoms with Gasteiger partial charge in [-0.1, -0.05) is 42.5 Å². The largest absolute Gasteiger partial charge is 0.465 e. The maximum atomic E-state index is 13.5. The number of fused-ring (bicyclic) bond motifs is 1. The lowest BCUT2D eigenvalue weighted by molar-refractivity contribution is -0.143. The van der Waals surface area contributed by atoms with Crippen molar-refractivity contribution in [2.45, 2.75) is 24.9 Å². The third-order valence-electron chi connectivity index (χ3n) is 5.73. The highest BCUT2D eigenvalue weighted by Crippen LogP contribution is 2.20. The van der Waals surface area contributed by atoms with Gasteiger partial charge in [0.05, 0.1) is 34.6 Å². The predicted octanol–water partition coefficient (Wildman–Crippen LogP) is 2.28. The van der Waals surface area contributed by atoms with Gasteiger partial charge in [-0.15, -0.1) is 12.4 Å². The molecule has 0 bridgehead atoms. The van der Waals surface area contributed by atoms with E-state index < -0.39 is 33.8 Å². The van der Waals surface area contributed by atoms with Gasteiger partial charge in [-0.25, -0.2) is 13.2 Å². The third kappa shape index (κ3) is 6.36. The second-order valence-corrected chi connectivity index (χ2v) is 10.0. The van der Waals surface area contributed by atoms with Crippen molar-refractivity contribution in [3.05, 3.63) is 105 Å². The molecular formula is C26H26ClN5O6S. The molecule has 13 heteroatoms. The van der Waals surface area contributed by atoms with Crippen LogP contribution in [0.2, 0.25) is 0 Å². The Balaban J connectivity index is 0.00000420. The van der Waals surface area contributed by atoms with Gasteiger partial charge >= 0.3 is 11.7 Å². The quantitative estimate of drug-likeness (QED) is 0.157. The number of aromatic nitrogens is 2. The molecule has 0 fully saturated rings. The molecule has 0 unspecified atom stereocenters. The maximum absolute atomic E-state index is 13.5. The SMILES string of the molecule is CCOC(=O)Cn1c(=O)n(Cc2ccc(C(=N)N)cc2)c(=O)c2ccc(NS(=O)(=O)c3ccccc3)cc21.Cl. The van der Waals surface area contributed by atoms with E-state index in [4.69, 9.17) is 15.9 Å². The molecule has 0 spiro atoms. The molecule has 0 saturated carbocycles. The summed E-state index contributed by atoms with van der Waals surface area (Å²) in [4.78, 5) is 39.2. The van der Waals surface area contributed by atoms with E-state index in [-0.39, 0.29) is 52.9 Å². The predicted molar refractivity (Wildman–Crippen MR) is 150 cm³/mol. The number of nitrogen functional groups attached to an aromatic ring is 1. The van der Waals surface area contributed by atoms with E-state index >= 15 is 0 Å². The van der Waals surface area contributed by atoms with Crippen LogP contribution in [0.1, 0.15) is 18.1 Å². The summed E-state index contributed by atoms with van der Waals surface area (Å²) in [5.74, 6) is -0.808. The molecule has 0 radical (unpaired) electrons. The number of ether oxygens (including phenoxy) is 1. The number of nitrogens with zero attached hydrogens (tertiary/aromatic N) is 2. The van der Waals surface area contributed by atoms with Crippen LogP contribution in [0.5, 0.6) is 0 Å². The number of carbonyl (C=O) groups is 1. The van der Waals surface area contributed by atoms with Crippen LogP contribution in [-0.2, 0) is 32.6 Å². The molecule has 0 atom stereocenters. The van der Waals surface area contributed by atoms with Gasteiger partial charge in [-0.3, -0.25) is 28.9 Å². The monoisotopic (exact) mass is 571 g/mol. The Labute approximate surface area is 229 Å². The fourth-order valence-corrected chi connectivity index (χ4v) is 4.96. The summed E-state index contributed by atoms with van der Waals surface area (Å²) in [5.41, 5.74) is 5.38.